The van der Waals surface area contributed by atoms with E-state index in [1.54, 1.807) is 20.8 Å². The largest absolute Gasteiger partial charge is 0.315 e. The topological polar surface area (TPSA) is 102 Å². The lowest BCUT2D eigenvalue weighted by Crippen LogP contribution is -2.52. The summed E-state index contributed by atoms with van der Waals surface area (Å²) in [5.41, 5.74) is -3.08. The summed E-state index contributed by atoms with van der Waals surface area (Å²) in [6.07, 6.45) is 0.774. The van der Waals surface area contributed by atoms with Gasteiger partial charge >= 0.3 is 0 Å². The number of Topliss-reactive ketones (excluding diaryl/α,β-unsaturated/α-hetero) is 2. The second kappa shape index (κ2) is 4.39. The molecule has 110 valence electrons. The maximum absolute atomic E-state index is 12.9. The van der Waals surface area contributed by atoms with E-state index in [1.807, 2.05) is 12.1 Å². The second-order valence-corrected chi connectivity index (χ2v) is 6.50. The number of rotatable bonds is 3. The van der Waals surface area contributed by atoms with Gasteiger partial charge in [0.2, 0.25) is 17.5 Å². The summed E-state index contributed by atoms with van der Waals surface area (Å²) in [7, 11) is 0. The first kappa shape index (κ1) is 15.2. The molecular formula is C15H17N3O3. The fraction of sp³-hybridized carbons (Fsp3) is 0.667. The quantitative estimate of drug-likeness (QED) is 0.434. The average molecular weight is 287 g/mol. The molecule has 0 aromatic rings. The Bertz CT molecular complexity index is 609. The van der Waals surface area contributed by atoms with Gasteiger partial charge in [-0.3, -0.25) is 14.4 Å². The Hall–Kier alpha value is -2.21. The first-order valence-electron chi connectivity index (χ1n) is 6.83. The zero-order valence-corrected chi connectivity index (χ0v) is 12.4. The Morgan fingerprint density at radius 1 is 1.10 bits per heavy atom. The highest BCUT2D eigenvalue weighted by atomic mass is 16.2. The van der Waals surface area contributed by atoms with Gasteiger partial charge in [0.25, 0.3) is 0 Å². The minimum atomic E-state index is -1.42. The molecule has 0 spiro atoms. The van der Waals surface area contributed by atoms with Crippen molar-refractivity contribution in [3.05, 3.63) is 0 Å². The molecule has 2 atom stereocenters. The van der Waals surface area contributed by atoms with Crippen molar-refractivity contribution < 1.29 is 14.4 Å². The molecule has 0 aromatic heterocycles. The van der Waals surface area contributed by atoms with Crippen LogP contribution >= 0.6 is 0 Å². The molecule has 2 aliphatic rings. The Kier molecular flexibility index (Phi) is 3.18. The summed E-state index contributed by atoms with van der Waals surface area (Å²) in [6, 6.07) is 3.67. The molecule has 6 nitrogen and oxygen atoms in total. The predicted octanol–water partition coefficient (Wildman–Crippen LogP) is 0.827. The van der Waals surface area contributed by atoms with E-state index < -0.39 is 33.7 Å². The second-order valence-electron chi connectivity index (χ2n) is 6.50. The van der Waals surface area contributed by atoms with Gasteiger partial charge in [0.15, 0.2) is 0 Å². The third-order valence-corrected chi connectivity index (χ3v) is 5.72. The van der Waals surface area contributed by atoms with Gasteiger partial charge in [0.1, 0.15) is 18.5 Å². The highest BCUT2D eigenvalue weighted by Crippen LogP contribution is 2.69. The lowest BCUT2D eigenvalue weighted by Gasteiger charge is -2.39. The highest BCUT2D eigenvalue weighted by molar-refractivity contribution is 6.48. The molecular weight excluding hydrogens is 270 g/mol. The predicted molar refractivity (Wildman–Crippen MR) is 71.4 cm³/mol. The van der Waals surface area contributed by atoms with E-state index in [0.29, 0.717) is 12.8 Å². The first-order valence-corrected chi connectivity index (χ1v) is 6.83. The van der Waals surface area contributed by atoms with Gasteiger partial charge in [-0.05, 0) is 18.3 Å². The van der Waals surface area contributed by atoms with E-state index in [4.69, 9.17) is 10.5 Å². The molecule has 0 heterocycles. The molecule has 0 N–H and O–H groups in total. The Morgan fingerprint density at radius 3 is 2.00 bits per heavy atom. The number of ketones is 2. The SMILES string of the molecule is CC12CCC(C(=O)N(CC#N)CC#N)(C(=O)C1=O)C2(C)C. The van der Waals surface area contributed by atoms with Crippen LogP contribution in [0.15, 0.2) is 0 Å². The molecule has 1 amide bonds. The molecule has 2 unspecified atom stereocenters. The third kappa shape index (κ3) is 1.48. The minimum Gasteiger partial charge on any atom is -0.315 e. The maximum Gasteiger partial charge on any atom is 0.239 e. The summed E-state index contributed by atoms with van der Waals surface area (Å²) < 4.78 is 0. The first-order chi connectivity index (χ1) is 9.70. The van der Waals surface area contributed by atoms with E-state index >= 15 is 0 Å². The van der Waals surface area contributed by atoms with E-state index in [1.165, 1.54) is 0 Å². The summed E-state index contributed by atoms with van der Waals surface area (Å²) in [5, 5.41) is 17.6. The highest BCUT2D eigenvalue weighted by Gasteiger charge is 2.78. The zero-order chi connectivity index (χ0) is 16.1. The van der Waals surface area contributed by atoms with Crippen LogP contribution in [0.25, 0.3) is 0 Å². The molecule has 2 aliphatic carbocycles. The van der Waals surface area contributed by atoms with E-state index in [2.05, 4.69) is 0 Å². The van der Waals surface area contributed by atoms with Crippen molar-refractivity contribution in [3.63, 3.8) is 0 Å². The summed E-state index contributed by atoms with van der Waals surface area (Å²) >= 11 is 0. The van der Waals surface area contributed by atoms with Crippen molar-refractivity contribution in [3.8, 4) is 12.1 Å². The molecule has 21 heavy (non-hydrogen) atoms. The Balaban J connectivity index is 2.54. The molecule has 0 radical (unpaired) electrons. The van der Waals surface area contributed by atoms with Crippen molar-refractivity contribution >= 4 is 17.5 Å². The molecule has 2 fully saturated rings. The summed E-state index contributed by atoms with van der Waals surface area (Å²) in [4.78, 5) is 38.7. The maximum atomic E-state index is 12.9. The van der Waals surface area contributed by atoms with Crippen molar-refractivity contribution in [1.82, 2.24) is 4.90 Å². The third-order valence-electron chi connectivity index (χ3n) is 5.72. The van der Waals surface area contributed by atoms with Gasteiger partial charge in [0.05, 0.1) is 12.1 Å². The summed E-state index contributed by atoms with van der Waals surface area (Å²) in [5.74, 6) is -1.72. The smallest absolute Gasteiger partial charge is 0.239 e. The fourth-order valence-corrected chi connectivity index (χ4v) is 3.88. The van der Waals surface area contributed by atoms with Crippen molar-refractivity contribution in [1.29, 1.82) is 10.5 Å². The number of nitriles is 2. The molecule has 0 aromatic carbocycles. The van der Waals surface area contributed by atoms with Gasteiger partial charge in [-0.25, -0.2) is 0 Å². The lowest BCUT2D eigenvalue weighted by atomic mass is 9.64. The summed E-state index contributed by atoms with van der Waals surface area (Å²) in [6.45, 7) is 4.73. The average Bonchev–Trinajstić information content (AvgIpc) is 2.70. The Labute approximate surface area is 123 Å². The lowest BCUT2D eigenvalue weighted by molar-refractivity contribution is -0.154. The normalized spacial score (nSPS) is 32.6. The van der Waals surface area contributed by atoms with Crippen LogP contribution in [-0.2, 0) is 14.4 Å². The van der Waals surface area contributed by atoms with Gasteiger partial charge in [-0.2, -0.15) is 10.5 Å². The van der Waals surface area contributed by atoms with Gasteiger partial charge in [-0.1, -0.05) is 20.8 Å². The van der Waals surface area contributed by atoms with E-state index in [9.17, 15) is 14.4 Å². The van der Waals surface area contributed by atoms with Crippen LogP contribution in [0.5, 0.6) is 0 Å². The molecule has 6 heteroatoms. The van der Waals surface area contributed by atoms with Gasteiger partial charge in [-0.15, -0.1) is 0 Å². The Morgan fingerprint density at radius 2 is 1.62 bits per heavy atom. The number of amides is 1. The van der Waals surface area contributed by atoms with Gasteiger partial charge < -0.3 is 4.90 Å². The van der Waals surface area contributed by atoms with Crippen molar-refractivity contribution in [2.75, 3.05) is 13.1 Å². The molecule has 0 aliphatic heterocycles. The molecule has 2 bridgehead atoms. The molecule has 0 saturated heterocycles. The molecule has 2 saturated carbocycles. The van der Waals surface area contributed by atoms with E-state index in [-0.39, 0.29) is 13.1 Å². The van der Waals surface area contributed by atoms with Crippen LogP contribution in [0.3, 0.4) is 0 Å². The number of carbonyl (C=O) groups is 3. The zero-order valence-electron chi connectivity index (χ0n) is 12.4. The van der Waals surface area contributed by atoms with Crippen LogP contribution in [0.1, 0.15) is 33.6 Å². The van der Waals surface area contributed by atoms with Crippen LogP contribution in [0, 0.1) is 38.9 Å². The number of fused-ring (bicyclic) bond motifs is 2. The van der Waals surface area contributed by atoms with E-state index in [0.717, 1.165) is 4.90 Å². The number of nitrogens with zero attached hydrogens (tertiary/aromatic N) is 3. The van der Waals surface area contributed by atoms with Crippen LogP contribution in [0.4, 0.5) is 0 Å². The number of hydrogen-bond acceptors (Lipinski definition) is 5. The van der Waals surface area contributed by atoms with Crippen LogP contribution < -0.4 is 0 Å². The standard InChI is InChI=1S/C15H17N3O3/c1-13(2)14(3)4-5-15(13,11(20)10(14)19)12(21)18(8-6-16)9-7-17/h4-5,8-9H2,1-3H3. The van der Waals surface area contributed by atoms with Gasteiger partial charge in [0, 0.05) is 5.41 Å². The van der Waals surface area contributed by atoms with Crippen molar-refractivity contribution in [2.45, 2.75) is 33.6 Å². The molecule has 2 rings (SSSR count). The monoisotopic (exact) mass is 287 g/mol. The van der Waals surface area contributed by atoms with Crippen LogP contribution in [0.2, 0.25) is 0 Å². The minimum absolute atomic E-state index is 0.261. The number of hydrogen-bond donors (Lipinski definition) is 0. The van der Waals surface area contributed by atoms with Crippen molar-refractivity contribution in [2.24, 2.45) is 16.2 Å². The fourth-order valence-electron chi connectivity index (χ4n) is 3.88. The number of carbonyl (C=O) groups excluding carboxylic acids is 3. The van der Waals surface area contributed by atoms with Crippen LogP contribution in [-0.4, -0.2) is 35.5 Å².